The van der Waals surface area contributed by atoms with Gasteiger partial charge in [0.1, 0.15) is 0 Å². The van der Waals surface area contributed by atoms with Crippen molar-refractivity contribution in [2.24, 2.45) is 0 Å². The standard InChI is InChI=1S/C23H29N3O2/c1-17-6-8-19(9-7-17)15-24-22(27)16-26-12-10-21(11-13-26)25-23(28)20-5-3-4-18(2)14-20/h3-9,14,21H,10-13,15-16H2,1-2H3,(H,24,27)(H,25,28). The molecule has 2 amide bonds. The summed E-state index contributed by atoms with van der Waals surface area (Å²) in [6.07, 6.45) is 1.73. The molecule has 0 spiro atoms. The van der Waals surface area contributed by atoms with Crippen molar-refractivity contribution in [3.8, 4) is 0 Å². The molecule has 5 heteroatoms. The van der Waals surface area contributed by atoms with Crippen LogP contribution in [0.5, 0.6) is 0 Å². The largest absolute Gasteiger partial charge is 0.351 e. The normalized spacial score (nSPS) is 15.2. The second-order valence-corrected chi connectivity index (χ2v) is 7.66. The van der Waals surface area contributed by atoms with Gasteiger partial charge in [-0.25, -0.2) is 0 Å². The summed E-state index contributed by atoms with van der Waals surface area (Å²) in [5.74, 6) is 0.0285. The number of hydrogen-bond donors (Lipinski definition) is 2. The molecule has 2 N–H and O–H groups in total. The van der Waals surface area contributed by atoms with Crippen molar-refractivity contribution < 1.29 is 9.59 Å². The molecule has 148 valence electrons. The molecule has 0 saturated carbocycles. The van der Waals surface area contributed by atoms with E-state index in [1.807, 2.05) is 43.3 Å². The van der Waals surface area contributed by atoms with Crippen LogP contribution >= 0.6 is 0 Å². The third-order valence-corrected chi connectivity index (χ3v) is 5.18. The molecular weight excluding hydrogens is 350 g/mol. The van der Waals surface area contributed by atoms with Crippen molar-refractivity contribution in [2.45, 2.75) is 39.3 Å². The van der Waals surface area contributed by atoms with E-state index in [0.717, 1.165) is 37.1 Å². The quantitative estimate of drug-likeness (QED) is 0.811. The van der Waals surface area contributed by atoms with Gasteiger partial charge in [0.2, 0.25) is 5.91 Å². The fourth-order valence-corrected chi connectivity index (χ4v) is 3.46. The molecule has 2 aromatic rings. The number of likely N-dealkylation sites (tertiary alicyclic amines) is 1. The van der Waals surface area contributed by atoms with Gasteiger partial charge in [-0.3, -0.25) is 14.5 Å². The number of rotatable bonds is 6. The maximum Gasteiger partial charge on any atom is 0.251 e. The highest BCUT2D eigenvalue weighted by Crippen LogP contribution is 2.12. The molecule has 0 bridgehead atoms. The van der Waals surface area contributed by atoms with Gasteiger partial charge in [-0.2, -0.15) is 0 Å². The highest BCUT2D eigenvalue weighted by molar-refractivity contribution is 5.94. The Balaban J connectivity index is 1.38. The monoisotopic (exact) mass is 379 g/mol. The van der Waals surface area contributed by atoms with Crippen molar-refractivity contribution in [3.05, 3.63) is 70.8 Å². The molecule has 1 fully saturated rings. The number of benzene rings is 2. The average Bonchev–Trinajstić information content (AvgIpc) is 2.69. The maximum absolute atomic E-state index is 12.4. The number of amides is 2. The second-order valence-electron chi connectivity index (χ2n) is 7.66. The fourth-order valence-electron chi connectivity index (χ4n) is 3.46. The third kappa shape index (κ3) is 5.92. The second kappa shape index (κ2) is 9.51. The molecule has 1 aliphatic heterocycles. The molecule has 1 heterocycles. The molecule has 0 unspecified atom stereocenters. The van der Waals surface area contributed by atoms with E-state index >= 15 is 0 Å². The van der Waals surface area contributed by atoms with Crippen LogP contribution in [0, 0.1) is 13.8 Å². The lowest BCUT2D eigenvalue weighted by Crippen LogP contribution is -2.47. The lowest BCUT2D eigenvalue weighted by Gasteiger charge is -2.31. The van der Waals surface area contributed by atoms with Crippen LogP contribution in [0.4, 0.5) is 0 Å². The lowest BCUT2D eigenvalue weighted by molar-refractivity contribution is -0.122. The van der Waals surface area contributed by atoms with Crippen LogP contribution in [-0.4, -0.2) is 42.4 Å². The van der Waals surface area contributed by atoms with Crippen molar-refractivity contribution >= 4 is 11.8 Å². The third-order valence-electron chi connectivity index (χ3n) is 5.18. The van der Waals surface area contributed by atoms with Gasteiger partial charge in [-0.05, 0) is 44.4 Å². The maximum atomic E-state index is 12.4. The zero-order valence-electron chi connectivity index (χ0n) is 16.7. The Kier molecular flexibility index (Phi) is 6.82. The number of carbonyl (C=O) groups excluding carboxylic acids is 2. The van der Waals surface area contributed by atoms with Crippen LogP contribution in [0.3, 0.4) is 0 Å². The Hall–Kier alpha value is -2.66. The molecule has 28 heavy (non-hydrogen) atoms. The van der Waals surface area contributed by atoms with Crippen LogP contribution in [-0.2, 0) is 11.3 Å². The minimum absolute atomic E-state index is 0.0157. The first-order valence-electron chi connectivity index (χ1n) is 9.92. The Morgan fingerprint density at radius 3 is 2.39 bits per heavy atom. The van der Waals surface area contributed by atoms with Gasteiger partial charge in [0.25, 0.3) is 5.91 Å². The number of aryl methyl sites for hydroxylation is 2. The van der Waals surface area contributed by atoms with Crippen LogP contribution in [0.15, 0.2) is 48.5 Å². The molecule has 0 radical (unpaired) electrons. The molecule has 0 atom stereocenters. The van der Waals surface area contributed by atoms with Crippen molar-refractivity contribution in [1.82, 2.24) is 15.5 Å². The summed E-state index contributed by atoms with van der Waals surface area (Å²) in [6, 6.07) is 16.0. The highest BCUT2D eigenvalue weighted by atomic mass is 16.2. The summed E-state index contributed by atoms with van der Waals surface area (Å²) in [5, 5.41) is 6.11. The number of hydrogen-bond acceptors (Lipinski definition) is 3. The first kappa shape index (κ1) is 20.1. The van der Waals surface area contributed by atoms with E-state index in [1.54, 1.807) is 0 Å². The molecule has 3 rings (SSSR count). The van der Waals surface area contributed by atoms with E-state index < -0.39 is 0 Å². The van der Waals surface area contributed by atoms with Gasteiger partial charge in [-0.15, -0.1) is 0 Å². The van der Waals surface area contributed by atoms with Gasteiger partial charge in [-0.1, -0.05) is 47.5 Å². The van der Waals surface area contributed by atoms with Crippen molar-refractivity contribution in [2.75, 3.05) is 19.6 Å². The number of piperidine rings is 1. The minimum atomic E-state index is -0.0157. The molecule has 1 saturated heterocycles. The van der Waals surface area contributed by atoms with E-state index in [0.29, 0.717) is 18.7 Å². The van der Waals surface area contributed by atoms with Gasteiger partial charge in [0, 0.05) is 31.2 Å². The zero-order valence-corrected chi connectivity index (χ0v) is 16.7. The SMILES string of the molecule is Cc1ccc(CNC(=O)CN2CCC(NC(=O)c3cccc(C)c3)CC2)cc1. The first-order chi connectivity index (χ1) is 13.5. The zero-order chi connectivity index (χ0) is 19.9. The molecule has 0 aliphatic carbocycles. The highest BCUT2D eigenvalue weighted by Gasteiger charge is 2.22. The minimum Gasteiger partial charge on any atom is -0.351 e. The summed E-state index contributed by atoms with van der Waals surface area (Å²) in [7, 11) is 0. The smallest absolute Gasteiger partial charge is 0.251 e. The number of carbonyl (C=O) groups is 2. The van der Waals surface area contributed by atoms with Crippen LogP contribution in [0.25, 0.3) is 0 Å². The summed E-state index contributed by atoms with van der Waals surface area (Å²) in [4.78, 5) is 26.7. The van der Waals surface area contributed by atoms with Crippen LogP contribution in [0.2, 0.25) is 0 Å². The van der Waals surface area contributed by atoms with Gasteiger partial charge in [0.15, 0.2) is 0 Å². The number of nitrogens with zero attached hydrogens (tertiary/aromatic N) is 1. The van der Waals surface area contributed by atoms with E-state index in [1.165, 1.54) is 5.56 Å². The Bertz CT molecular complexity index is 809. The summed E-state index contributed by atoms with van der Waals surface area (Å²) in [5.41, 5.74) is 4.11. The van der Waals surface area contributed by atoms with Gasteiger partial charge >= 0.3 is 0 Å². The first-order valence-corrected chi connectivity index (χ1v) is 9.92. The predicted molar refractivity (Wildman–Crippen MR) is 111 cm³/mol. The van der Waals surface area contributed by atoms with Crippen LogP contribution < -0.4 is 10.6 Å². The van der Waals surface area contributed by atoms with Crippen molar-refractivity contribution in [3.63, 3.8) is 0 Å². The Morgan fingerprint density at radius 1 is 1.00 bits per heavy atom. The van der Waals surface area contributed by atoms with Crippen molar-refractivity contribution in [1.29, 1.82) is 0 Å². The molecule has 5 nitrogen and oxygen atoms in total. The van der Waals surface area contributed by atoms with E-state index in [9.17, 15) is 9.59 Å². The molecule has 2 aromatic carbocycles. The average molecular weight is 380 g/mol. The summed E-state index contributed by atoms with van der Waals surface area (Å²) >= 11 is 0. The summed E-state index contributed by atoms with van der Waals surface area (Å²) in [6.45, 7) is 6.63. The van der Waals surface area contributed by atoms with E-state index in [2.05, 4.69) is 34.6 Å². The molecule has 1 aliphatic rings. The van der Waals surface area contributed by atoms with E-state index in [-0.39, 0.29) is 17.9 Å². The van der Waals surface area contributed by atoms with Gasteiger partial charge in [0.05, 0.1) is 6.54 Å². The van der Waals surface area contributed by atoms with E-state index in [4.69, 9.17) is 0 Å². The number of nitrogens with one attached hydrogen (secondary N) is 2. The van der Waals surface area contributed by atoms with Gasteiger partial charge < -0.3 is 10.6 Å². The summed E-state index contributed by atoms with van der Waals surface area (Å²) < 4.78 is 0. The predicted octanol–water partition coefficient (Wildman–Crippen LogP) is 2.81. The Labute approximate surface area is 167 Å². The lowest BCUT2D eigenvalue weighted by atomic mass is 10.0. The van der Waals surface area contributed by atoms with Crippen LogP contribution in [0.1, 0.15) is 39.9 Å². The molecule has 0 aromatic heterocycles. The fraction of sp³-hybridized carbons (Fsp3) is 0.391. The Morgan fingerprint density at radius 2 is 1.71 bits per heavy atom. The molecular formula is C23H29N3O2. The topological polar surface area (TPSA) is 61.4 Å².